The molecule has 2 fully saturated rings. The SMILES string of the molecule is c1ccc(CN2CCN(c3nc(NCC4CCCO4)c4ccccc4n3)CC2)cc1. The molecule has 0 radical (unpaired) electrons. The van der Waals surface area contributed by atoms with Crippen molar-refractivity contribution in [3.63, 3.8) is 0 Å². The fourth-order valence-corrected chi connectivity index (χ4v) is 4.30. The number of hydrogen-bond donors (Lipinski definition) is 1. The van der Waals surface area contributed by atoms with E-state index in [4.69, 9.17) is 14.7 Å². The van der Waals surface area contributed by atoms with E-state index in [0.29, 0.717) is 0 Å². The monoisotopic (exact) mass is 403 g/mol. The van der Waals surface area contributed by atoms with E-state index in [1.54, 1.807) is 0 Å². The van der Waals surface area contributed by atoms with Gasteiger partial charge < -0.3 is 15.0 Å². The number of piperazine rings is 1. The van der Waals surface area contributed by atoms with Gasteiger partial charge in [-0.15, -0.1) is 0 Å². The Morgan fingerprint density at radius 1 is 0.933 bits per heavy atom. The summed E-state index contributed by atoms with van der Waals surface area (Å²) in [5.74, 6) is 1.74. The van der Waals surface area contributed by atoms with E-state index in [9.17, 15) is 0 Å². The predicted octanol–water partition coefficient (Wildman–Crippen LogP) is 3.54. The molecule has 156 valence electrons. The van der Waals surface area contributed by atoms with Gasteiger partial charge in [0.15, 0.2) is 0 Å². The molecule has 1 unspecified atom stereocenters. The largest absolute Gasteiger partial charge is 0.376 e. The van der Waals surface area contributed by atoms with Crippen LogP contribution in [0.25, 0.3) is 10.9 Å². The molecule has 2 aliphatic heterocycles. The minimum absolute atomic E-state index is 0.281. The van der Waals surface area contributed by atoms with Crippen molar-refractivity contribution in [2.24, 2.45) is 0 Å². The fourth-order valence-electron chi connectivity index (χ4n) is 4.30. The summed E-state index contributed by atoms with van der Waals surface area (Å²) in [7, 11) is 0. The van der Waals surface area contributed by atoms with Crippen LogP contribution in [-0.2, 0) is 11.3 Å². The third kappa shape index (κ3) is 4.40. The first-order valence-corrected chi connectivity index (χ1v) is 11.0. The summed E-state index contributed by atoms with van der Waals surface area (Å²) in [6.45, 7) is 6.59. The van der Waals surface area contributed by atoms with Gasteiger partial charge in [-0.05, 0) is 30.5 Å². The van der Waals surface area contributed by atoms with Crippen molar-refractivity contribution in [3.05, 3.63) is 60.2 Å². The highest BCUT2D eigenvalue weighted by Crippen LogP contribution is 2.25. The van der Waals surface area contributed by atoms with Crippen LogP contribution >= 0.6 is 0 Å². The lowest BCUT2D eigenvalue weighted by molar-refractivity contribution is 0.120. The minimum atomic E-state index is 0.281. The molecule has 3 aromatic rings. The average Bonchev–Trinajstić information content (AvgIpc) is 3.32. The van der Waals surface area contributed by atoms with Gasteiger partial charge in [0.05, 0.1) is 11.6 Å². The van der Waals surface area contributed by atoms with E-state index < -0.39 is 0 Å². The Hall–Kier alpha value is -2.70. The van der Waals surface area contributed by atoms with Crippen molar-refractivity contribution in [2.75, 3.05) is 49.5 Å². The number of hydrogen-bond acceptors (Lipinski definition) is 6. The lowest BCUT2D eigenvalue weighted by Gasteiger charge is -2.35. The van der Waals surface area contributed by atoms with Gasteiger partial charge in [-0.2, -0.15) is 4.98 Å². The van der Waals surface area contributed by atoms with Crippen LogP contribution in [-0.4, -0.2) is 60.3 Å². The second-order valence-electron chi connectivity index (χ2n) is 8.15. The molecule has 3 heterocycles. The normalized spacial score (nSPS) is 20.0. The predicted molar refractivity (Wildman–Crippen MR) is 121 cm³/mol. The molecule has 1 N–H and O–H groups in total. The molecular formula is C24H29N5O. The maximum Gasteiger partial charge on any atom is 0.227 e. The number of aromatic nitrogens is 2. The van der Waals surface area contributed by atoms with Crippen molar-refractivity contribution in [3.8, 4) is 0 Å². The zero-order valence-electron chi connectivity index (χ0n) is 17.3. The van der Waals surface area contributed by atoms with Crippen molar-refractivity contribution < 1.29 is 4.74 Å². The van der Waals surface area contributed by atoms with Crippen LogP contribution in [0.15, 0.2) is 54.6 Å². The van der Waals surface area contributed by atoms with Crippen LogP contribution in [0.5, 0.6) is 0 Å². The Balaban J connectivity index is 1.29. The van der Waals surface area contributed by atoms with E-state index >= 15 is 0 Å². The summed E-state index contributed by atoms with van der Waals surface area (Å²) in [5, 5.41) is 4.61. The van der Waals surface area contributed by atoms with Gasteiger partial charge in [-0.3, -0.25) is 4.90 Å². The van der Waals surface area contributed by atoms with E-state index in [2.05, 4.69) is 57.6 Å². The van der Waals surface area contributed by atoms with Crippen LogP contribution in [0.2, 0.25) is 0 Å². The molecule has 30 heavy (non-hydrogen) atoms. The minimum Gasteiger partial charge on any atom is -0.376 e. The Labute approximate surface area is 177 Å². The topological polar surface area (TPSA) is 53.5 Å². The number of para-hydroxylation sites is 1. The Morgan fingerprint density at radius 2 is 1.73 bits per heavy atom. The first kappa shape index (κ1) is 19.3. The highest BCUT2D eigenvalue weighted by molar-refractivity contribution is 5.90. The number of benzene rings is 2. The van der Waals surface area contributed by atoms with Gasteiger partial charge in [0.1, 0.15) is 5.82 Å². The van der Waals surface area contributed by atoms with Crippen LogP contribution in [0, 0.1) is 0 Å². The highest BCUT2D eigenvalue weighted by Gasteiger charge is 2.21. The standard InChI is InChI=1S/C24H29N5O/c1-2-7-19(8-3-1)18-28-12-14-29(15-13-28)24-26-22-11-5-4-10-21(22)23(27-24)25-17-20-9-6-16-30-20/h1-5,7-8,10-11,20H,6,9,12-18H2,(H,25,26,27). The van der Waals surface area contributed by atoms with Gasteiger partial charge in [-0.25, -0.2) is 4.98 Å². The summed E-state index contributed by atoms with van der Waals surface area (Å²) in [6, 6.07) is 18.9. The number of fused-ring (bicyclic) bond motifs is 1. The maximum absolute atomic E-state index is 5.77. The summed E-state index contributed by atoms with van der Waals surface area (Å²) < 4.78 is 5.77. The molecule has 2 aliphatic rings. The van der Waals surface area contributed by atoms with E-state index in [1.807, 2.05) is 12.1 Å². The molecule has 1 atom stereocenters. The van der Waals surface area contributed by atoms with Gasteiger partial charge in [0.25, 0.3) is 0 Å². The first-order chi connectivity index (χ1) is 14.8. The molecule has 0 bridgehead atoms. The zero-order valence-corrected chi connectivity index (χ0v) is 17.3. The molecule has 6 nitrogen and oxygen atoms in total. The second kappa shape index (κ2) is 8.98. The second-order valence-corrected chi connectivity index (χ2v) is 8.15. The summed E-state index contributed by atoms with van der Waals surface area (Å²) in [5.41, 5.74) is 2.36. The number of anilines is 2. The van der Waals surface area contributed by atoms with E-state index in [0.717, 1.165) is 81.4 Å². The van der Waals surface area contributed by atoms with Crippen molar-refractivity contribution in [1.82, 2.24) is 14.9 Å². The first-order valence-electron chi connectivity index (χ1n) is 11.0. The number of nitrogens with one attached hydrogen (secondary N) is 1. The van der Waals surface area contributed by atoms with E-state index in [1.165, 1.54) is 5.56 Å². The quantitative estimate of drug-likeness (QED) is 0.679. The van der Waals surface area contributed by atoms with E-state index in [-0.39, 0.29) is 6.10 Å². The van der Waals surface area contributed by atoms with Crippen LogP contribution in [0.3, 0.4) is 0 Å². The molecule has 0 aliphatic carbocycles. The average molecular weight is 404 g/mol. The molecule has 2 aromatic carbocycles. The van der Waals surface area contributed by atoms with Crippen LogP contribution in [0.4, 0.5) is 11.8 Å². The molecule has 2 saturated heterocycles. The maximum atomic E-state index is 5.77. The number of rotatable bonds is 6. The van der Waals surface area contributed by atoms with Crippen molar-refractivity contribution in [2.45, 2.75) is 25.5 Å². The van der Waals surface area contributed by atoms with Crippen LogP contribution < -0.4 is 10.2 Å². The van der Waals surface area contributed by atoms with Crippen molar-refractivity contribution >= 4 is 22.7 Å². The van der Waals surface area contributed by atoms with Gasteiger partial charge in [-0.1, -0.05) is 42.5 Å². The lowest BCUT2D eigenvalue weighted by Crippen LogP contribution is -2.46. The third-order valence-electron chi connectivity index (χ3n) is 6.02. The Kier molecular flexibility index (Phi) is 5.77. The smallest absolute Gasteiger partial charge is 0.227 e. The third-order valence-corrected chi connectivity index (χ3v) is 6.02. The van der Waals surface area contributed by atoms with Gasteiger partial charge >= 0.3 is 0 Å². The molecule has 6 heteroatoms. The fraction of sp³-hybridized carbons (Fsp3) is 0.417. The molecule has 0 saturated carbocycles. The Morgan fingerprint density at radius 3 is 2.53 bits per heavy atom. The van der Waals surface area contributed by atoms with Gasteiger partial charge in [0, 0.05) is 51.3 Å². The summed E-state index contributed by atoms with van der Waals surface area (Å²) >= 11 is 0. The molecule has 0 amide bonds. The van der Waals surface area contributed by atoms with Crippen LogP contribution in [0.1, 0.15) is 18.4 Å². The summed E-state index contributed by atoms with van der Waals surface area (Å²) in [4.78, 5) is 14.6. The number of nitrogens with zero attached hydrogens (tertiary/aromatic N) is 4. The van der Waals surface area contributed by atoms with Gasteiger partial charge in [0.2, 0.25) is 5.95 Å². The van der Waals surface area contributed by atoms with Crippen molar-refractivity contribution in [1.29, 1.82) is 0 Å². The number of ether oxygens (including phenoxy) is 1. The zero-order chi connectivity index (χ0) is 20.2. The molecule has 5 rings (SSSR count). The molecule has 0 spiro atoms. The Bertz CT molecular complexity index is 966. The summed E-state index contributed by atoms with van der Waals surface area (Å²) in [6.07, 6.45) is 2.55. The highest BCUT2D eigenvalue weighted by atomic mass is 16.5. The lowest BCUT2D eigenvalue weighted by atomic mass is 10.2. The molecular weight excluding hydrogens is 374 g/mol. The molecule has 1 aromatic heterocycles.